The number of thiophene rings is 2. The largest absolute Gasteiger partial charge is 0.352 e. The minimum absolute atomic E-state index is 0.0992. The van der Waals surface area contributed by atoms with Gasteiger partial charge in [-0.15, -0.1) is 22.7 Å². The molecule has 0 saturated carbocycles. The molecule has 18 heavy (non-hydrogen) atoms. The van der Waals surface area contributed by atoms with Gasteiger partial charge in [0.15, 0.2) is 0 Å². The van der Waals surface area contributed by atoms with Crippen molar-refractivity contribution in [3.8, 4) is 0 Å². The van der Waals surface area contributed by atoms with E-state index in [1.165, 1.54) is 16.2 Å². The van der Waals surface area contributed by atoms with Crippen molar-refractivity contribution in [3.63, 3.8) is 0 Å². The van der Waals surface area contributed by atoms with Crippen molar-refractivity contribution in [1.29, 1.82) is 0 Å². The number of hydrogen-bond donors (Lipinski definition) is 2. The lowest BCUT2D eigenvalue weighted by Gasteiger charge is -2.16. The molecule has 2 unspecified atom stereocenters. The molecule has 0 aromatic carbocycles. The van der Waals surface area contributed by atoms with Crippen LogP contribution in [0.4, 0.5) is 0 Å². The maximum absolute atomic E-state index is 12.0. The highest BCUT2D eigenvalue weighted by atomic mass is 32.1. The van der Waals surface area contributed by atoms with E-state index in [0.29, 0.717) is 0 Å². The molecule has 3 nitrogen and oxygen atoms in total. The number of nitrogens with one attached hydrogen (secondary N) is 1. The first-order valence-electron chi connectivity index (χ1n) is 5.78. The predicted molar refractivity (Wildman–Crippen MR) is 76.9 cm³/mol. The summed E-state index contributed by atoms with van der Waals surface area (Å²) in [6, 6.07) is 7.43. The Hall–Kier alpha value is -1.17. The molecule has 1 amide bonds. The summed E-state index contributed by atoms with van der Waals surface area (Å²) in [5.74, 6) is -0.110. The van der Waals surface area contributed by atoms with E-state index in [9.17, 15) is 4.79 Å². The quantitative estimate of drug-likeness (QED) is 0.884. The normalized spacial score (nSPS) is 14.1. The van der Waals surface area contributed by atoms with E-state index in [1.807, 2.05) is 35.9 Å². The van der Waals surface area contributed by atoms with Crippen molar-refractivity contribution in [2.45, 2.75) is 25.4 Å². The molecule has 2 aromatic rings. The van der Waals surface area contributed by atoms with Gasteiger partial charge in [-0.05, 0) is 29.8 Å². The van der Waals surface area contributed by atoms with Crippen molar-refractivity contribution in [1.82, 2.24) is 5.32 Å². The van der Waals surface area contributed by atoms with Gasteiger partial charge in [0.1, 0.15) is 6.04 Å². The molecule has 2 aromatic heterocycles. The van der Waals surface area contributed by atoms with Gasteiger partial charge >= 0.3 is 0 Å². The first kappa shape index (κ1) is 13.3. The summed E-state index contributed by atoms with van der Waals surface area (Å²) in [5, 5.41) is 6.93. The Labute approximate surface area is 115 Å². The standard InChI is InChI=1S/C13H16N2OS2/c1-9(8-10-4-2-6-17-10)15-13(16)12(14)11-5-3-7-18-11/h2-7,9,12H,8,14H2,1H3,(H,15,16). The number of nitrogens with two attached hydrogens (primary N) is 1. The maximum Gasteiger partial charge on any atom is 0.242 e. The summed E-state index contributed by atoms with van der Waals surface area (Å²) in [5.41, 5.74) is 5.91. The summed E-state index contributed by atoms with van der Waals surface area (Å²) < 4.78 is 0. The minimum Gasteiger partial charge on any atom is -0.352 e. The van der Waals surface area contributed by atoms with Gasteiger partial charge < -0.3 is 11.1 Å². The molecular formula is C13H16N2OS2. The number of rotatable bonds is 5. The molecule has 3 N–H and O–H groups in total. The van der Waals surface area contributed by atoms with Crippen LogP contribution in [0.15, 0.2) is 35.0 Å². The Morgan fingerprint density at radius 1 is 1.33 bits per heavy atom. The zero-order chi connectivity index (χ0) is 13.0. The SMILES string of the molecule is CC(Cc1cccs1)NC(=O)C(N)c1cccs1. The van der Waals surface area contributed by atoms with Crippen LogP contribution >= 0.6 is 22.7 Å². The molecule has 0 fully saturated rings. The Balaban J connectivity index is 1.87. The van der Waals surface area contributed by atoms with E-state index < -0.39 is 6.04 Å². The molecule has 2 atom stereocenters. The van der Waals surface area contributed by atoms with Crippen LogP contribution in [0, 0.1) is 0 Å². The lowest BCUT2D eigenvalue weighted by molar-refractivity contribution is -0.123. The first-order valence-corrected chi connectivity index (χ1v) is 7.54. The van der Waals surface area contributed by atoms with Crippen LogP contribution in [0.5, 0.6) is 0 Å². The molecule has 0 bridgehead atoms. The van der Waals surface area contributed by atoms with Crippen LogP contribution < -0.4 is 11.1 Å². The van der Waals surface area contributed by atoms with Gasteiger partial charge in [-0.2, -0.15) is 0 Å². The van der Waals surface area contributed by atoms with Gasteiger partial charge in [0, 0.05) is 22.2 Å². The van der Waals surface area contributed by atoms with Gasteiger partial charge in [-0.25, -0.2) is 0 Å². The molecule has 0 aliphatic rings. The smallest absolute Gasteiger partial charge is 0.242 e. The Morgan fingerprint density at radius 3 is 2.67 bits per heavy atom. The van der Waals surface area contributed by atoms with Crippen molar-refractivity contribution in [2.75, 3.05) is 0 Å². The monoisotopic (exact) mass is 280 g/mol. The number of carbonyl (C=O) groups excluding carboxylic acids is 1. The third kappa shape index (κ3) is 3.41. The second-order valence-electron chi connectivity index (χ2n) is 4.19. The Morgan fingerprint density at radius 2 is 2.06 bits per heavy atom. The average Bonchev–Trinajstić information content (AvgIpc) is 2.99. The number of carbonyl (C=O) groups is 1. The second-order valence-corrected chi connectivity index (χ2v) is 6.20. The average molecular weight is 280 g/mol. The van der Waals surface area contributed by atoms with Gasteiger partial charge in [0.05, 0.1) is 0 Å². The van der Waals surface area contributed by atoms with E-state index in [1.54, 1.807) is 11.3 Å². The van der Waals surface area contributed by atoms with Crippen LogP contribution in [0.25, 0.3) is 0 Å². The highest BCUT2D eigenvalue weighted by Crippen LogP contribution is 2.17. The summed E-state index contributed by atoms with van der Waals surface area (Å²) in [6.45, 7) is 2.00. The van der Waals surface area contributed by atoms with Crippen LogP contribution in [-0.4, -0.2) is 11.9 Å². The highest BCUT2D eigenvalue weighted by Gasteiger charge is 2.18. The van der Waals surface area contributed by atoms with Crippen LogP contribution in [-0.2, 0) is 11.2 Å². The van der Waals surface area contributed by atoms with E-state index in [0.717, 1.165) is 11.3 Å². The van der Waals surface area contributed by atoms with Crippen LogP contribution in [0.2, 0.25) is 0 Å². The van der Waals surface area contributed by atoms with Crippen molar-refractivity contribution >= 4 is 28.6 Å². The van der Waals surface area contributed by atoms with Crippen molar-refractivity contribution in [2.24, 2.45) is 5.73 Å². The molecule has 2 rings (SSSR count). The third-order valence-electron chi connectivity index (χ3n) is 2.61. The third-order valence-corrected chi connectivity index (χ3v) is 4.46. The maximum atomic E-state index is 12.0. The molecule has 96 valence electrons. The van der Waals surface area contributed by atoms with Gasteiger partial charge in [0.25, 0.3) is 0 Å². The summed E-state index contributed by atoms with van der Waals surface area (Å²) in [6.07, 6.45) is 0.848. The Bertz CT molecular complexity index is 479. The summed E-state index contributed by atoms with van der Waals surface area (Å²) >= 11 is 3.21. The van der Waals surface area contributed by atoms with Gasteiger partial charge in [-0.1, -0.05) is 12.1 Å². The van der Waals surface area contributed by atoms with Crippen LogP contribution in [0.3, 0.4) is 0 Å². The number of hydrogen-bond acceptors (Lipinski definition) is 4. The van der Waals surface area contributed by atoms with Crippen molar-refractivity contribution < 1.29 is 4.79 Å². The molecular weight excluding hydrogens is 264 g/mol. The van der Waals surface area contributed by atoms with Gasteiger partial charge in [0.2, 0.25) is 5.91 Å². The fraction of sp³-hybridized carbons (Fsp3) is 0.308. The van der Waals surface area contributed by atoms with Crippen LogP contribution in [0.1, 0.15) is 22.7 Å². The Kier molecular flexibility index (Phi) is 4.52. The molecule has 5 heteroatoms. The van der Waals surface area contributed by atoms with E-state index >= 15 is 0 Å². The topological polar surface area (TPSA) is 55.1 Å². The van der Waals surface area contributed by atoms with E-state index in [2.05, 4.69) is 11.4 Å². The fourth-order valence-corrected chi connectivity index (χ4v) is 3.27. The molecule has 0 radical (unpaired) electrons. The molecule has 2 heterocycles. The van der Waals surface area contributed by atoms with Gasteiger partial charge in [-0.3, -0.25) is 4.79 Å². The lowest BCUT2D eigenvalue weighted by atomic mass is 10.2. The van der Waals surface area contributed by atoms with E-state index in [4.69, 9.17) is 5.73 Å². The van der Waals surface area contributed by atoms with Crippen molar-refractivity contribution in [3.05, 3.63) is 44.8 Å². The predicted octanol–water partition coefficient (Wildman–Crippen LogP) is 2.56. The summed E-state index contributed by atoms with van der Waals surface area (Å²) in [4.78, 5) is 14.1. The zero-order valence-corrected chi connectivity index (χ0v) is 11.8. The second kappa shape index (κ2) is 6.13. The minimum atomic E-state index is -0.559. The molecule has 0 aliphatic carbocycles. The lowest BCUT2D eigenvalue weighted by Crippen LogP contribution is -2.40. The summed E-state index contributed by atoms with van der Waals surface area (Å²) in [7, 11) is 0. The number of amides is 1. The first-order chi connectivity index (χ1) is 8.66. The zero-order valence-electron chi connectivity index (χ0n) is 10.1. The molecule has 0 saturated heterocycles. The van der Waals surface area contributed by atoms with E-state index in [-0.39, 0.29) is 11.9 Å². The fourth-order valence-electron chi connectivity index (χ4n) is 1.71. The highest BCUT2D eigenvalue weighted by molar-refractivity contribution is 7.10. The molecule has 0 spiro atoms. The molecule has 0 aliphatic heterocycles.